The van der Waals surface area contributed by atoms with Gasteiger partial charge in [0.2, 0.25) is 11.8 Å². The topological polar surface area (TPSA) is 140 Å². The molecule has 3 amide bonds. The average molecular weight is 491 g/mol. The van der Waals surface area contributed by atoms with Gasteiger partial charge in [-0.2, -0.15) is 4.98 Å². The number of hydrogen-bond donors (Lipinski definition) is 4. The van der Waals surface area contributed by atoms with Crippen LogP contribution in [-0.4, -0.2) is 49.2 Å². The van der Waals surface area contributed by atoms with Crippen LogP contribution in [-0.2, 0) is 4.74 Å². The Balaban J connectivity index is 1.44. The van der Waals surface area contributed by atoms with E-state index in [0.29, 0.717) is 64.4 Å². The van der Waals surface area contributed by atoms with E-state index in [4.69, 9.17) is 13.9 Å². The molecule has 0 atom stereocenters. The van der Waals surface area contributed by atoms with Gasteiger partial charge in [0.1, 0.15) is 17.1 Å². The highest BCUT2D eigenvalue weighted by atomic mass is 16.5. The number of nitrogens with zero attached hydrogens (tertiary/aromatic N) is 2. The molecule has 0 bridgehead atoms. The van der Waals surface area contributed by atoms with Crippen molar-refractivity contribution >= 4 is 40.2 Å². The number of carbonyl (C=O) groups is 2. The second-order valence-electron chi connectivity index (χ2n) is 7.67. The number of carbonyl (C=O) groups excluding carboxylic acids is 2. The molecule has 0 saturated carbocycles. The zero-order valence-corrected chi connectivity index (χ0v) is 20.0. The highest BCUT2D eigenvalue weighted by Crippen LogP contribution is 2.31. The molecule has 0 saturated heterocycles. The third kappa shape index (κ3) is 5.88. The first kappa shape index (κ1) is 24.5. The average Bonchev–Trinajstić information content (AvgIpc) is 3.19. The molecule has 0 aliphatic carbocycles. The summed E-state index contributed by atoms with van der Waals surface area (Å²) >= 11 is 0. The number of rotatable bonds is 9. The third-order valence-corrected chi connectivity index (χ3v) is 5.11. The van der Waals surface area contributed by atoms with Crippen LogP contribution in [0.5, 0.6) is 11.6 Å². The first-order chi connectivity index (χ1) is 17.5. The summed E-state index contributed by atoms with van der Waals surface area (Å²) in [6.45, 7) is 2.57. The number of aryl methyl sites for hydroxylation is 1. The first-order valence-corrected chi connectivity index (χ1v) is 11.1. The van der Waals surface area contributed by atoms with E-state index in [1.807, 2.05) is 6.07 Å². The lowest BCUT2D eigenvalue weighted by molar-refractivity contribution is 0.0963. The number of benzene rings is 2. The first-order valence-electron chi connectivity index (χ1n) is 11.1. The maximum Gasteiger partial charge on any atom is 0.319 e. The van der Waals surface area contributed by atoms with E-state index in [-0.39, 0.29) is 11.9 Å². The van der Waals surface area contributed by atoms with Crippen LogP contribution in [0.25, 0.3) is 11.0 Å². The van der Waals surface area contributed by atoms with Gasteiger partial charge in [0.15, 0.2) is 0 Å². The van der Waals surface area contributed by atoms with Crippen LogP contribution in [0.15, 0.2) is 59.1 Å². The molecule has 0 spiro atoms. The van der Waals surface area contributed by atoms with Gasteiger partial charge in [-0.3, -0.25) is 4.79 Å². The summed E-state index contributed by atoms with van der Waals surface area (Å²) in [5, 5.41) is 11.9. The zero-order chi connectivity index (χ0) is 25.5. The maximum absolute atomic E-state index is 12.1. The van der Waals surface area contributed by atoms with Gasteiger partial charge in [0.25, 0.3) is 5.91 Å². The van der Waals surface area contributed by atoms with Crippen LogP contribution in [0.2, 0.25) is 0 Å². The van der Waals surface area contributed by atoms with Crippen molar-refractivity contribution in [1.29, 1.82) is 0 Å². The Morgan fingerprint density at radius 2 is 1.92 bits per heavy atom. The summed E-state index contributed by atoms with van der Waals surface area (Å²) in [7, 11) is 3.15. The Kier molecular flexibility index (Phi) is 7.61. The largest absolute Gasteiger partial charge is 0.460 e. The molecule has 2 heterocycles. The number of aromatic nitrogens is 2. The molecule has 0 aliphatic heterocycles. The number of methoxy groups -OCH3 is 1. The summed E-state index contributed by atoms with van der Waals surface area (Å²) in [5.41, 5.74) is 2.31. The Labute approximate surface area is 207 Å². The summed E-state index contributed by atoms with van der Waals surface area (Å²) in [4.78, 5) is 32.7. The van der Waals surface area contributed by atoms with Gasteiger partial charge in [0.05, 0.1) is 12.2 Å². The molecule has 2 aromatic carbocycles. The van der Waals surface area contributed by atoms with Gasteiger partial charge in [0, 0.05) is 55.8 Å². The molecule has 4 rings (SSSR count). The number of hydrogen-bond acceptors (Lipinski definition) is 8. The minimum absolute atomic E-state index is 0.211. The molecule has 4 N–H and O–H groups in total. The quantitative estimate of drug-likeness (QED) is 0.256. The molecule has 36 heavy (non-hydrogen) atoms. The zero-order valence-electron chi connectivity index (χ0n) is 20.0. The fourth-order valence-corrected chi connectivity index (χ4v) is 3.50. The smallest absolute Gasteiger partial charge is 0.319 e. The molecule has 0 aliphatic rings. The summed E-state index contributed by atoms with van der Waals surface area (Å²) in [5.74, 6) is 1.44. The molecule has 0 unspecified atom stereocenters. The molecule has 0 fully saturated rings. The van der Waals surface area contributed by atoms with Crippen LogP contribution >= 0.6 is 0 Å². The van der Waals surface area contributed by atoms with E-state index in [1.165, 1.54) is 0 Å². The molecule has 186 valence electrons. The fraction of sp³-hybridized carbons (Fsp3) is 0.200. The summed E-state index contributed by atoms with van der Waals surface area (Å²) in [6, 6.07) is 13.7. The minimum atomic E-state index is -0.331. The second kappa shape index (κ2) is 11.2. The summed E-state index contributed by atoms with van der Waals surface area (Å²) in [6.07, 6.45) is 1.56. The molecule has 11 heteroatoms. The van der Waals surface area contributed by atoms with E-state index < -0.39 is 0 Å². The molecule has 4 aromatic rings. The minimum Gasteiger partial charge on any atom is -0.460 e. The summed E-state index contributed by atoms with van der Waals surface area (Å²) < 4.78 is 16.6. The van der Waals surface area contributed by atoms with Crippen LogP contribution in [0.4, 0.5) is 22.1 Å². The number of furan rings is 1. The van der Waals surface area contributed by atoms with Gasteiger partial charge in [-0.25, -0.2) is 9.78 Å². The van der Waals surface area contributed by atoms with E-state index in [1.54, 1.807) is 69.7 Å². The third-order valence-electron chi connectivity index (χ3n) is 5.11. The Hall–Kier alpha value is -4.64. The molecule has 0 radical (unpaired) electrons. The number of amides is 3. The van der Waals surface area contributed by atoms with Crippen molar-refractivity contribution in [3.8, 4) is 11.6 Å². The van der Waals surface area contributed by atoms with Crippen molar-refractivity contribution < 1.29 is 23.5 Å². The van der Waals surface area contributed by atoms with E-state index in [2.05, 4.69) is 31.2 Å². The fourth-order valence-electron chi connectivity index (χ4n) is 3.50. The van der Waals surface area contributed by atoms with E-state index in [0.717, 1.165) is 0 Å². The SMILES string of the molecule is CNC(=O)c1c(C)oc2cc(Oc3ccnc(Nc4cccc(NC(=O)NCCOC)c4)n3)ccc12. The lowest BCUT2D eigenvalue weighted by Crippen LogP contribution is -2.31. The highest BCUT2D eigenvalue weighted by Gasteiger charge is 2.17. The van der Waals surface area contributed by atoms with Gasteiger partial charge in [-0.15, -0.1) is 0 Å². The number of urea groups is 1. The number of anilines is 3. The highest BCUT2D eigenvalue weighted by molar-refractivity contribution is 6.07. The number of nitrogens with one attached hydrogen (secondary N) is 4. The molecule has 11 nitrogen and oxygen atoms in total. The van der Waals surface area contributed by atoms with Gasteiger partial charge >= 0.3 is 6.03 Å². The van der Waals surface area contributed by atoms with Crippen LogP contribution < -0.4 is 26.0 Å². The normalized spacial score (nSPS) is 10.6. The Morgan fingerprint density at radius 1 is 1.08 bits per heavy atom. The van der Waals surface area contributed by atoms with E-state index >= 15 is 0 Å². The van der Waals surface area contributed by atoms with Crippen molar-refractivity contribution in [3.63, 3.8) is 0 Å². The van der Waals surface area contributed by atoms with Crippen molar-refractivity contribution in [2.45, 2.75) is 6.92 Å². The van der Waals surface area contributed by atoms with Crippen molar-refractivity contribution in [2.24, 2.45) is 0 Å². The van der Waals surface area contributed by atoms with Crippen LogP contribution in [0, 0.1) is 6.92 Å². The lowest BCUT2D eigenvalue weighted by atomic mass is 10.1. The maximum atomic E-state index is 12.1. The van der Waals surface area contributed by atoms with Crippen LogP contribution in [0.1, 0.15) is 16.1 Å². The Bertz CT molecular complexity index is 1390. The molecule has 2 aromatic heterocycles. The Morgan fingerprint density at radius 3 is 2.72 bits per heavy atom. The second-order valence-corrected chi connectivity index (χ2v) is 7.67. The van der Waals surface area contributed by atoms with Crippen molar-refractivity contribution in [1.82, 2.24) is 20.6 Å². The van der Waals surface area contributed by atoms with Crippen molar-refractivity contribution in [2.75, 3.05) is 37.9 Å². The van der Waals surface area contributed by atoms with Crippen LogP contribution in [0.3, 0.4) is 0 Å². The standard InChI is InChI=1S/C25H26N6O5/c1-15-22(23(32)26-2)19-8-7-18(14-20(19)35-15)36-21-9-10-27-24(31-21)29-16-5-4-6-17(13-16)30-25(33)28-11-12-34-3/h4-10,13-14H,11-12H2,1-3H3,(H,26,32)(H,27,29,31)(H2,28,30,33). The van der Waals surface area contributed by atoms with Gasteiger partial charge in [-0.1, -0.05) is 6.07 Å². The lowest BCUT2D eigenvalue weighted by Gasteiger charge is -2.10. The predicted molar refractivity (Wildman–Crippen MR) is 135 cm³/mol. The molecular formula is C25H26N6O5. The van der Waals surface area contributed by atoms with Crippen molar-refractivity contribution in [3.05, 3.63) is 66.1 Å². The van der Waals surface area contributed by atoms with Gasteiger partial charge in [-0.05, 0) is 37.3 Å². The number of fused-ring (bicyclic) bond motifs is 1. The van der Waals surface area contributed by atoms with Gasteiger partial charge < -0.3 is 35.2 Å². The molecular weight excluding hydrogens is 464 g/mol. The predicted octanol–water partition coefficient (Wildman–Crippen LogP) is 4.19. The number of ether oxygens (including phenoxy) is 2. The van der Waals surface area contributed by atoms with E-state index in [9.17, 15) is 9.59 Å². The monoisotopic (exact) mass is 490 g/mol.